The first kappa shape index (κ1) is 9.98. The van der Waals surface area contributed by atoms with Crippen LogP contribution in [0.25, 0.3) is 0 Å². The van der Waals surface area contributed by atoms with Crippen LogP contribution in [-0.4, -0.2) is 23.2 Å². The average molecular weight is 184 g/mol. The van der Waals surface area contributed by atoms with E-state index in [1.54, 1.807) is 0 Å². The summed E-state index contributed by atoms with van der Waals surface area (Å²) in [5.74, 6) is 0.701. The van der Waals surface area contributed by atoms with Crippen molar-refractivity contribution in [2.75, 3.05) is 18.4 Å². The molecule has 1 rings (SSSR count). The van der Waals surface area contributed by atoms with Crippen molar-refractivity contribution in [1.29, 1.82) is 0 Å². The molecule has 13 heavy (non-hydrogen) atoms. The van der Waals surface area contributed by atoms with Crippen LogP contribution in [0.1, 0.15) is 26.6 Å². The van der Waals surface area contributed by atoms with Crippen LogP contribution in [0.4, 0.5) is 6.01 Å². The highest BCUT2D eigenvalue weighted by Gasteiger charge is 2.20. The van der Waals surface area contributed by atoms with E-state index in [0.29, 0.717) is 24.9 Å². The first-order chi connectivity index (χ1) is 6.04. The minimum absolute atomic E-state index is 0.0772. The molecule has 1 heterocycles. The predicted molar refractivity (Wildman–Crippen MR) is 50.5 cm³/mol. The van der Waals surface area contributed by atoms with Crippen molar-refractivity contribution >= 4 is 6.01 Å². The molecule has 0 aliphatic heterocycles. The van der Waals surface area contributed by atoms with Gasteiger partial charge in [0.2, 0.25) is 0 Å². The summed E-state index contributed by atoms with van der Waals surface area (Å²) in [6, 6.07) is 0.440. The van der Waals surface area contributed by atoms with Crippen molar-refractivity contribution in [2.45, 2.75) is 26.2 Å². The predicted octanol–water partition coefficient (Wildman–Crippen LogP) is 0.738. The molecule has 0 radical (unpaired) electrons. The molecule has 0 spiro atoms. The van der Waals surface area contributed by atoms with Gasteiger partial charge in [-0.3, -0.25) is 0 Å². The quantitative estimate of drug-likeness (QED) is 0.724. The molecule has 0 fully saturated rings. The van der Waals surface area contributed by atoms with E-state index in [4.69, 9.17) is 10.3 Å². The van der Waals surface area contributed by atoms with Crippen molar-refractivity contribution in [3.05, 3.63) is 5.82 Å². The maximum Gasteiger partial charge on any atom is 0.321 e. The Labute approximate surface area is 77.7 Å². The van der Waals surface area contributed by atoms with Crippen LogP contribution < -0.4 is 11.1 Å². The molecule has 0 unspecified atom stereocenters. The molecule has 0 aromatic carbocycles. The molecule has 74 valence electrons. The molecule has 0 aliphatic carbocycles. The van der Waals surface area contributed by atoms with Gasteiger partial charge in [0.15, 0.2) is 5.82 Å². The van der Waals surface area contributed by atoms with Crippen molar-refractivity contribution in [1.82, 2.24) is 10.1 Å². The highest BCUT2D eigenvalue weighted by Crippen LogP contribution is 2.19. The number of nitrogens with zero attached hydrogens (tertiary/aromatic N) is 2. The molecule has 3 N–H and O–H groups in total. The molecule has 1 aromatic heterocycles. The Hall–Kier alpha value is -1.10. The molecule has 5 heteroatoms. The fourth-order valence-corrected chi connectivity index (χ4v) is 0.779. The lowest BCUT2D eigenvalue weighted by Crippen LogP contribution is -2.15. The third-order valence-electron chi connectivity index (χ3n) is 1.52. The SMILES string of the molecule is CC(C)(C)c1noc(NCCN)n1. The van der Waals surface area contributed by atoms with Gasteiger partial charge in [-0.25, -0.2) is 0 Å². The van der Waals surface area contributed by atoms with Crippen LogP contribution in [0.15, 0.2) is 4.52 Å². The van der Waals surface area contributed by atoms with E-state index in [1.165, 1.54) is 0 Å². The Morgan fingerprint density at radius 1 is 1.46 bits per heavy atom. The monoisotopic (exact) mass is 184 g/mol. The van der Waals surface area contributed by atoms with Crippen LogP contribution in [0.5, 0.6) is 0 Å². The van der Waals surface area contributed by atoms with Gasteiger partial charge in [-0.2, -0.15) is 4.98 Å². The molecule has 0 amide bonds. The van der Waals surface area contributed by atoms with Crippen LogP contribution in [0, 0.1) is 0 Å². The largest absolute Gasteiger partial charge is 0.336 e. The van der Waals surface area contributed by atoms with Gasteiger partial charge in [-0.1, -0.05) is 25.9 Å². The molecular weight excluding hydrogens is 168 g/mol. The van der Waals surface area contributed by atoms with Crippen LogP contribution in [0.2, 0.25) is 0 Å². The number of hydrogen-bond donors (Lipinski definition) is 2. The van der Waals surface area contributed by atoms with Gasteiger partial charge < -0.3 is 15.6 Å². The van der Waals surface area contributed by atoms with Gasteiger partial charge in [0, 0.05) is 18.5 Å². The van der Waals surface area contributed by atoms with Crippen molar-refractivity contribution < 1.29 is 4.52 Å². The Morgan fingerprint density at radius 2 is 2.15 bits per heavy atom. The molecule has 5 nitrogen and oxygen atoms in total. The van der Waals surface area contributed by atoms with Crippen molar-refractivity contribution in [3.63, 3.8) is 0 Å². The van der Waals surface area contributed by atoms with Crippen LogP contribution in [-0.2, 0) is 5.41 Å². The summed E-state index contributed by atoms with van der Waals surface area (Å²) >= 11 is 0. The minimum Gasteiger partial charge on any atom is -0.336 e. The average Bonchev–Trinajstić information content (AvgIpc) is 2.47. The van der Waals surface area contributed by atoms with Gasteiger partial charge in [0.05, 0.1) is 0 Å². The first-order valence-electron chi connectivity index (χ1n) is 4.32. The highest BCUT2D eigenvalue weighted by molar-refractivity contribution is 5.19. The van der Waals surface area contributed by atoms with Gasteiger partial charge in [0.1, 0.15) is 0 Å². The summed E-state index contributed by atoms with van der Waals surface area (Å²) in [4.78, 5) is 4.17. The zero-order chi connectivity index (χ0) is 9.90. The highest BCUT2D eigenvalue weighted by atomic mass is 16.5. The Morgan fingerprint density at radius 3 is 2.62 bits per heavy atom. The molecular formula is C8H16N4O. The summed E-state index contributed by atoms with van der Waals surface area (Å²) in [7, 11) is 0. The molecule has 0 atom stereocenters. The fourth-order valence-electron chi connectivity index (χ4n) is 0.779. The second kappa shape index (κ2) is 3.74. The molecule has 1 aromatic rings. The lowest BCUT2D eigenvalue weighted by Gasteiger charge is -2.10. The van der Waals surface area contributed by atoms with E-state index in [1.807, 2.05) is 20.8 Å². The van der Waals surface area contributed by atoms with E-state index in [9.17, 15) is 0 Å². The summed E-state index contributed by atoms with van der Waals surface area (Å²) in [6.07, 6.45) is 0. The zero-order valence-corrected chi connectivity index (χ0v) is 8.29. The number of nitrogens with two attached hydrogens (primary N) is 1. The Kier molecular flexibility index (Phi) is 2.87. The third-order valence-corrected chi connectivity index (χ3v) is 1.52. The normalized spacial score (nSPS) is 11.7. The lowest BCUT2D eigenvalue weighted by molar-refractivity contribution is 0.402. The summed E-state index contributed by atoms with van der Waals surface area (Å²) in [5, 5.41) is 6.77. The van der Waals surface area contributed by atoms with E-state index in [-0.39, 0.29) is 5.41 Å². The molecule has 0 bridgehead atoms. The van der Waals surface area contributed by atoms with Gasteiger partial charge >= 0.3 is 6.01 Å². The van der Waals surface area contributed by atoms with E-state index in [0.717, 1.165) is 0 Å². The second-order valence-corrected chi connectivity index (χ2v) is 3.89. The second-order valence-electron chi connectivity index (χ2n) is 3.89. The van der Waals surface area contributed by atoms with Crippen molar-refractivity contribution in [3.8, 4) is 0 Å². The number of hydrogen-bond acceptors (Lipinski definition) is 5. The molecule has 0 saturated heterocycles. The standard InChI is InChI=1S/C8H16N4O/c1-8(2,3)6-11-7(13-12-6)10-5-4-9/h4-5,9H2,1-3H3,(H,10,11,12). The Balaban J connectivity index is 2.64. The topological polar surface area (TPSA) is 77.0 Å². The number of anilines is 1. The van der Waals surface area contributed by atoms with Gasteiger partial charge in [0.25, 0.3) is 0 Å². The third kappa shape index (κ3) is 2.69. The molecule has 0 saturated carbocycles. The lowest BCUT2D eigenvalue weighted by atomic mass is 9.96. The fraction of sp³-hybridized carbons (Fsp3) is 0.750. The summed E-state index contributed by atoms with van der Waals surface area (Å²) < 4.78 is 4.97. The first-order valence-corrected chi connectivity index (χ1v) is 4.32. The smallest absolute Gasteiger partial charge is 0.321 e. The Bertz CT molecular complexity index is 263. The maximum atomic E-state index is 5.32. The van der Waals surface area contributed by atoms with E-state index < -0.39 is 0 Å². The molecule has 0 aliphatic rings. The summed E-state index contributed by atoms with van der Waals surface area (Å²) in [5.41, 5.74) is 5.24. The maximum absolute atomic E-state index is 5.32. The van der Waals surface area contributed by atoms with Gasteiger partial charge in [-0.05, 0) is 0 Å². The zero-order valence-electron chi connectivity index (χ0n) is 8.29. The summed E-state index contributed by atoms with van der Waals surface area (Å²) in [6.45, 7) is 7.29. The minimum atomic E-state index is -0.0772. The van der Waals surface area contributed by atoms with Crippen LogP contribution in [0.3, 0.4) is 0 Å². The van der Waals surface area contributed by atoms with E-state index in [2.05, 4.69) is 15.5 Å². The number of rotatable bonds is 3. The van der Waals surface area contributed by atoms with Crippen LogP contribution >= 0.6 is 0 Å². The van der Waals surface area contributed by atoms with Gasteiger partial charge in [-0.15, -0.1) is 0 Å². The van der Waals surface area contributed by atoms with E-state index >= 15 is 0 Å². The number of aromatic nitrogens is 2. The number of nitrogens with one attached hydrogen (secondary N) is 1. The van der Waals surface area contributed by atoms with Crippen molar-refractivity contribution in [2.24, 2.45) is 5.73 Å².